The van der Waals surface area contributed by atoms with Crippen molar-refractivity contribution in [3.05, 3.63) is 0 Å². The molecule has 0 saturated heterocycles. The van der Waals surface area contributed by atoms with Crippen molar-refractivity contribution in [3.63, 3.8) is 0 Å². The number of carbonyl (C=O) groups excluding carboxylic acids is 1. The van der Waals surface area contributed by atoms with Gasteiger partial charge in [0.15, 0.2) is 0 Å². The number of carbonyl (C=O) groups is 1. The van der Waals surface area contributed by atoms with Crippen LogP contribution >= 0.6 is 0 Å². The Bertz CT molecular complexity index is 204. The molecule has 1 amide bonds. The van der Waals surface area contributed by atoms with Gasteiger partial charge in [0.2, 0.25) is 5.91 Å². The second-order valence-electron chi connectivity index (χ2n) is 5.36. The summed E-state index contributed by atoms with van der Waals surface area (Å²) in [7, 11) is 1.87. The van der Waals surface area contributed by atoms with Gasteiger partial charge >= 0.3 is 0 Å². The number of nitrogens with one attached hydrogen (secondary N) is 2. The normalized spacial score (nSPS) is 21.3. The Morgan fingerprint density at radius 3 is 2.47 bits per heavy atom. The number of rotatable bonds is 4. The zero-order valence-corrected chi connectivity index (χ0v) is 10.2. The van der Waals surface area contributed by atoms with Crippen LogP contribution in [0.4, 0.5) is 0 Å². The lowest BCUT2D eigenvalue weighted by molar-refractivity contribution is -0.122. The van der Waals surface area contributed by atoms with E-state index in [2.05, 4.69) is 24.5 Å². The Morgan fingerprint density at radius 1 is 1.33 bits per heavy atom. The second kappa shape index (κ2) is 5.50. The van der Waals surface area contributed by atoms with Crippen LogP contribution in [0.25, 0.3) is 0 Å². The molecule has 1 aliphatic rings. The fraction of sp³-hybridized carbons (Fsp3) is 0.917. The van der Waals surface area contributed by atoms with Gasteiger partial charge in [-0.1, -0.05) is 13.8 Å². The van der Waals surface area contributed by atoms with Gasteiger partial charge < -0.3 is 10.6 Å². The Kier molecular flexibility index (Phi) is 4.58. The molecule has 15 heavy (non-hydrogen) atoms. The third-order valence-electron chi connectivity index (χ3n) is 3.31. The molecular weight excluding hydrogens is 188 g/mol. The molecule has 0 aromatic carbocycles. The van der Waals surface area contributed by atoms with Gasteiger partial charge in [-0.25, -0.2) is 0 Å². The summed E-state index contributed by atoms with van der Waals surface area (Å²) in [5.74, 6) is 0.189. The minimum atomic E-state index is 0.189. The molecule has 1 aliphatic carbocycles. The van der Waals surface area contributed by atoms with E-state index in [9.17, 15) is 4.79 Å². The van der Waals surface area contributed by atoms with Crippen LogP contribution < -0.4 is 10.6 Å². The van der Waals surface area contributed by atoms with Crippen LogP contribution in [0.1, 0.15) is 46.0 Å². The fourth-order valence-corrected chi connectivity index (χ4v) is 2.08. The Balaban J connectivity index is 2.21. The number of amides is 1. The topological polar surface area (TPSA) is 41.1 Å². The van der Waals surface area contributed by atoms with Crippen LogP contribution in [-0.2, 0) is 4.79 Å². The average molecular weight is 212 g/mol. The predicted molar refractivity (Wildman–Crippen MR) is 62.7 cm³/mol. The SMILES string of the molecule is CNCCC(=O)NC1CCC(C)(C)CC1. The summed E-state index contributed by atoms with van der Waals surface area (Å²) in [5.41, 5.74) is 0.478. The Morgan fingerprint density at radius 2 is 1.93 bits per heavy atom. The molecule has 0 bridgehead atoms. The largest absolute Gasteiger partial charge is 0.353 e. The molecule has 0 unspecified atom stereocenters. The molecule has 0 radical (unpaired) electrons. The summed E-state index contributed by atoms with van der Waals surface area (Å²) in [4.78, 5) is 11.5. The van der Waals surface area contributed by atoms with Crippen molar-refractivity contribution in [3.8, 4) is 0 Å². The van der Waals surface area contributed by atoms with E-state index < -0.39 is 0 Å². The maximum atomic E-state index is 11.5. The van der Waals surface area contributed by atoms with Gasteiger partial charge in [0, 0.05) is 19.0 Å². The van der Waals surface area contributed by atoms with Crippen LogP contribution in [0.3, 0.4) is 0 Å². The second-order valence-corrected chi connectivity index (χ2v) is 5.36. The first-order chi connectivity index (χ1) is 7.03. The highest BCUT2D eigenvalue weighted by molar-refractivity contribution is 5.76. The summed E-state index contributed by atoms with van der Waals surface area (Å²) in [6, 6.07) is 0.419. The van der Waals surface area contributed by atoms with Crippen LogP contribution in [-0.4, -0.2) is 25.5 Å². The van der Waals surface area contributed by atoms with Crippen LogP contribution in [0.15, 0.2) is 0 Å². The summed E-state index contributed by atoms with van der Waals surface area (Å²) >= 11 is 0. The minimum Gasteiger partial charge on any atom is -0.353 e. The molecule has 0 aliphatic heterocycles. The molecule has 1 fully saturated rings. The monoisotopic (exact) mass is 212 g/mol. The van der Waals surface area contributed by atoms with Gasteiger partial charge in [-0.05, 0) is 38.1 Å². The average Bonchev–Trinajstić information content (AvgIpc) is 2.18. The molecule has 3 nitrogen and oxygen atoms in total. The number of hydrogen-bond donors (Lipinski definition) is 2. The zero-order chi connectivity index (χ0) is 11.3. The maximum Gasteiger partial charge on any atom is 0.221 e. The lowest BCUT2D eigenvalue weighted by Crippen LogP contribution is -2.40. The van der Waals surface area contributed by atoms with E-state index in [0.717, 1.165) is 19.4 Å². The molecule has 0 atom stereocenters. The van der Waals surface area contributed by atoms with E-state index in [-0.39, 0.29) is 5.91 Å². The van der Waals surface area contributed by atoms with Gasteiger partial charge in [-0.3, -0.25) is 4.79 Å². The highest BCUT2D eigenvalue weighted by Gasteiger charge is 2.27. The van der Waals surface area contributed by atoms with E-state index in [0.29, 0.717) is 17.9 Å². The first-order valence-electron chi connectivity index (χ1n) is 5.97. The molecular formula is C12H24N2O. The first-order valence-corrected chi connectivity index (χ1v) is 5.97. The van der Waals surface area contributed by atoms with Gasteiger partial charge in [0.1, 0.15) is 0 Å². The molecule has 1 rings (SSSR count). The van der Waals surface area contributed by atoms with Crippen molar-refractivity contribution >= 4 is 5.91 Å². The predicted octanol–water partition coefficient (Wildman–Crippen LogP) is 1.68. The van der Waals surface area contributed by atoms with Crippen molar-refractivity contribution in [1.82, 2.24) is 10.6 Å². The highest BCUT2D eigenvalue weighted by atomic mass is 16.1. The van der Waals surface area contributed by atoms with Crippen LogP contribution in [0, 0.1) is 5.41 Å². The Labute approximate surface area is 93.0 Å². The van der Waals surface area contributed by atoms with Crippen molar-refractivity contribution in [2.45, 2.75) is 52.0 Å². The third kappa shape index (κ3) is 4.65. The molecule has 88 valence electrons. The van der Waals surface area contributed by atoms with Crippen molar-refractivity contribution < 1.29 is 4.79 Å². The standard InChI is InChI=1S/C12H24N2O/c1-12(2)7-4-10(5-8-12)14-11(15)6-9-13-3/h10,13H,4-9H2,1-3H3,(H,14,15). The summed E-state index contributed by atoms with van der Waals surface area (Å²) in [6.45, 7) is 5.39. The summed E-state index contributed by atoms with van der Waals surface area (Å²) in [5, 5.41) is 6.10. The lowest BCUT2D eigenvalue weighted by Gasteiger charge is -2.34. The van der Waals surface area contributed by atoms with Crippen molar-refractivity contribution in [2.24, 2.45) is 5.41 Å². The third-order valence-corrected chi connectivity index (χ3v) is 3.31. The smallest absolute Gasteiger partial charge is 0.221 e. The van der Waals surface area contributed by atoms with E-state index in [1.807, 2.05) is 7.05 Å². The van der Waals surface area contributed by atoms with E-state index in [4.69, 9.17) is 0 Å². The van der Waals surface area contributed by atoms with Crippen molar-refractivity contribution in [1.29, 1.82) is 0 Å². The quantitative estimate of drug-likeness (QED) is 0.744. The summed E-state index contributed by atoms with van der Waals surface area (Å²) in [6.07, 6.45) is 5.32. The van der Waals surface area contributed by atoms with Crippen molar-refractivity contribution in [2.75, 3.05) is 13.6 Å². The first kappa shape index (κ1) is 12.5. The number of hydrogen-bond acceptors (Lipinski definition) is 2. The van der Waals surface area contributed by atoms with Gasteiger partial charge in [-0.2, -0.15) is 0 Å². The highest BCUT2D eigenvalue weighted by Crippen LogP contribution is 2.34. The zero-order valence-electron chi connectivity index (χ0n) is 10.2. The molecule has 0 spiro atoms. The van der Waals surface area contributed by atoms with Crippen LogP contribution in [0.2, 0.25) is 0 Å². The van der Waals surface area contributed by atoms with E-state index in [1.54, 1.807) is 0 Å². The van der Waals surface area contributed by atoms with Crippen LogP contribution in [0.5, 0.6) is 0 Å². The van der Waals surface area contributed by atoms with E-state index in [1.165, 1.54) is 12.8 Å². The Hall–Kier alpha value is -0.570. The molecule has 0 aromatic rings. The van der Waals surface area contributed by atoms with Gasteiger partial charge in [0.25, 0.3) is 0 Å². The molecule has 2 N–H and O–H groups in total. The van der Waals surface area contributed by atoms with Gasteiger partial charge in [0.05, 0.1) is 0 Å². The minimum absolute atomic E-state index is 0.189. The maximum absolute atomic E-state index is 11.5. The summed E-state index contributed by atoms with van der Waals surface area (Å²) < 4.78 is 0. The molecule has 1 saturated carbocycles. The molecule has 0 heterocycles. The lowest BCUT2D eigenvalue weighted by atomic mass is 9.75. The van der Waals surface area contributed by atoms with Gasteiger partial charge in [-0.15, -0.1) is 0 Å². The molecule has 0 aromatic heterocycles. The van der Waals surface area contributed by atoms with E-state index >= 15 is 0 Å². The molecule has 3 heteroatoms. The fourth-order valence-electron chi connectivity index (χ4n) is 2.08.